The summed E-state index contributed by atoms with van der Waals surface area (Å²) in [6.45, 7) is 9.30. The highest BCUT2D eigenvalue weighted by Crippen LogP contribution is 2.50. The first kappa shape index (κ1) is 19.8. The van der Waals surface area contributed by atoms with E-state index < -0.39 is 8.30 Å². The van der Waals surface area contributed by atoms with Crippen molar-refractivity contribution in [2.45, 2.75) is 52.1 Å². The number of hydrogen-bond acceptors (Lipinski definition) is 5. The van der Waals surface area contributed by atoms with Crippen LogP contribution in [0.15, 0.2) is 0 Å². The zero-order valence-corrected chi connectivity index (χ0v) is 15.2. The molecule has 118 valence electrons. The van der Waals surface area contributed by atoms with Crippen LogP contribution >= 0.6 is 8.30 Å². The molecule has 0 rings (SSSR count). The average molecular weight is 302 g/mol. The fourth-order valence-corrected chi connectivity index (χ4v) is 4.83. The van der Waals surface area contributed by atoms with Crippen LogP contribution in [0.4, 0.5) is 0 Å². The summed E-state index contributed by atoms with van der Waals surface area (Å²) >= 11 is 0. The maximum absolute atomic E-state index is 8.74. The number of nitriles is 1. The highest BCUT2D eigenvalue weighted by atomic mass is 31.2. The van der Waals surface area contributed by atoms with Gasteiger partial charge < -0.3 is 4.52 Å². The van der Waals surface area contributed by atoms with Crippen LogP contribution < -0.4 is 0 Å². The van der Waals surface area contributed by atoms with Crippen molar-refractivity contribution in [3.63, 3.8) is 0 Å². The Hall–Kier alpha value is -0.240. The van der Waals surface area contributed by atoms with Gasteiger partial charge in [0, 0.05) is 12.1 Å². The fraction of sp³-hybridized carbons (Fsp3) is 0.929. The molecule has 0 saturated heterocycles. The van der Waals surface area contributed by atoms with Crippen molar-refractivity contribution < 1.29 is 4.52 Å². The van der Waals surface area contributed by atoms with Crippen molar-refractivity contribution in [1.29, 1.82) is 5.26 Å². The Kier molecular flexibility index (Phi) is 9.54. The van der Waals surface area contributed by atoms with Gasteiger partial charge in [-0.15, -0.1) is 0 Å². The monoisotopic (exact) mass is 302 g/mol. The zero-order valence-electron chi connectivity index (χ0n) is 14.3. The van der Waals surface area contributed by atoms with E-state index in [2.05, 4.69) is 76.4 Å². The second-order valence-electron chi connectivity index (χ2n) is 5.89. The molecule has 0 aliphatic heterocycles. The van der Waals surface area contributed by atoms with E-state index in [9.17, 15) is 0 Å². The third kappa shape index (κ3) is 6.03. The topological polar surface area (TPSA) is 42.7 Å². The van der Waals surface area contributed by atoms with Gasteiger partial charge >= 0.3 is 0 Å². The van der Waals surface area contributed by atoms with Crippen LogP contribution in [-0.2, 0) is 4.52 Å². The van der Waals surface area contributed by atoms with Gasteiger partial charge in [-0.25, -0.2) is 0 Å². The quantitative estimate of drug-likeness (QED) is 0.372. The highest BCUT2D eigenvalue weighted by molar-refractivity contribution is 7.50. The van der Waals surface area contributed by atoms with Gasteiger partial charge in [-0.1, -0.05) is 0 Å². The van der Waals surface area contributed by atoms with Crippen molar-refractivity contribution in [3.05, 3.63) is 0 Å². The second-order valence-corrected chi connectivity index (χ2v) is 7.67. The van der Waals surface area contributed by atoms with Crippen molar-refractivity contribution in [2.75, 3.05) is 34.8 Å². The van der Waals surface area contributed by atoms with Gasteiger partial charge in [0.05, 0.1) is 19.1 Å². The Balaban J connectivity index is 5.26. The van der Waals surface area contributed by atoms with E-state index in [1.807, 2.05) is 0 Å². The molecule has 0 bridgehead atoms. The fourth-order valence-electron chi connectivity index (χ4n) is 2.35. The summed E-state index contributed by atoms with van der Waals surface area (Å²) in [6, 6.07) is 2.97. The van der Waals surface area contributed by atoms with Gasteiger partial charge in [0.1, 0.15) is 14.2 Å². The molecule has 0 heterocycles. The van der Waals surface area contributed by atoms with Crippen LogP contribution in [-0.4, -0.2) is 67.3 Å². The Morgan fingerprint density at radius 2 is 1.45 bits per heavy atom. The third-order valence-corrected chi connectivity index (χ3v) is 5.99. The minimum absolute atomic E-state index is 0.202. The van der Waals surface area contributed by atoms with Crippen LogP contribution in [0.3, 0.4) is 0 Å². The molecule has 0 spiro atoms. The lowest BCUT2D eigenvalue weighted by Gasteiger charge is -2.45. The molecule has 0 aromatic heterocycles. The van der Waals surface area contributed by atoms with Crippen molar-refractivity contribution in [3.8, 4) is 6.07 Å². The van der Waals surface area contributed by atoms with Gasteiger partial charge in [-0.3, -0.25) is 14.5 Å². The van der Waals surface area contributed by atoms with Crippen LogP contribution in [0, 0.1) is 11.3 Å². The Morgan fingerprint density at radius 3 is 1.75 bits per heavy atom. The molecule has 1 atom stereocenters. The van der Waals surface area contributed by atoms with Gasteiger partial charge in [0.2, 0.25) is 0 Å². The zero-order chi connectivity index (χ0) is 15.9. The second kappa shape index (κ2) is 9.65. The summed E-state index contributed by atoms with van der Waals surface area (Å²) < 4.78 is 8.56. The van der Waals surface area contributed by atoms with Crippen molar-refractivity contribution in [1.82, 2.24) is 14.5 Å². The number of nitrogens with zero attached hydrogens (tertiary/aromatic N) is 4. The third-order valence-electron chi connectivity index (χ3n) is 2.84. The molecule has 20 heavy (non-hydrogen) atoms. The minimum atomic E-state index is -0.823. The average Bonchev–Trinajstić information content (AvgIpc) is 2.26. The predicted molar refractivity (Wildman–Crippen MR) is 86.4 cm³/mol. The van der Waals surface area contributed by atoms with Crippen LogP contribution in [0.5, 0.6) is 0 Å². The lowest BCUT2D eigenvalue weighted by Crippen LogP contribution is -2.46. The van der Waals surface area contributed by atoms with Crippen LogP contribution in [0.2, 0.25) is 0 Å². The molecule has 0 fully saturated rings. The summed E-state index contributed by atoms with van der Waals surface area (Å²) in [4.78, 5) is 4.38. The van der Waals surface area contributed by atoms with Crippen LogP contribution in [0.25, 0.3) is 0 Å². The smallest absolute Gasteiger partial charge is 0.138 e. The van der Waals surface area contributed by atoms with E-state index in [0.717, 1.165) is 0 Å². The number of hydrogen-bond donors (Lipinski definition) is 0. The number of rotatable bonds is 9. The molecular weight excluding hydrogens is 271 g/mol. The molecule has 0 amide bonds. The van der Waals surface area contributed by atoms with E-state index in [1.165, 1.54) is 0 Å². The standard InChI is InChI=1S/C14H31N4OP/c1-12(2)18(13(3)4)20(19-11-9-10-15)14(16(5)6)17(7)8/h12-14H,9,11H2,1-8H3. The molecule has 0 aliphatic carbocycles. The van der Waals surface area contributed by atoms with E-state index in [1.54, 1.807) is 0 Å². The Morgan fingerprint density at radius 1 is 1.00 bits per heavy atom. The maximum atomic E-state index is 8.74. The summed E-state index contributed by atoms with van der Waals surface area (Å²) in [7, 11) is 7.48. The molecule has 0 aromatic carbocycles. The summed E-state index contributed by atoms with van der Waals surface area (Å²) in [6.07, 6.45) is 0.441. The first-order chi connectivity index (χ1) is 9.23. The van der Waals surface area contributed by atoms with Gasteiger partial charge in [-0.2, -0.15) is 5.26 Å². The molecule has 0 radical (unpaired) electrons. The molecule has 0 saturated carbocycles. The Labute approximate surface area is 126 Å². The molecular formula is C14H31N4OP. The maximum Gasteiger partial charge on any atom is 0.138 e. The molecule has 0 aromatic rings. The van der Waals surface area contributed by atoms with E-state index in [-0.39, 0.29) is 5.91 Å². The van der Waals surface area contributed by atoms with Crippen molar-refractivity contribution in [2.24, 2.45) is 0 Å². The molecule has 1 unspecified atom stereocenters. The normalized spacial score (nSPS) is 14.1. The van der Waals surface area contributed by atoms with Gasteiger partial charge in [0.25, 0.3) is 0 Å². The van der Waals surface area contributed by atoms with Gasteiger partial charge in [-0.05, 0) is 55.9 Å². The van der Waals surface area contributed by atoms with E-state index >= 15 is 0 Å². The van der Waals surface area contributed by atoms with Crippen LogP contribution in [0.1, 0.15) is 34.1 Å². The largest absolute Gasteiger partial charge is 0.340 e. The SMILES string of the molecule is CC(C)N(C(C)C)P(OCCC#N)C(N(C)C)N(C)C. The molecule has 0 aliphatic rings. The van der Waals surface area contributed by atoms with Gasteiger partial charge in [0.15, 0.2) is 0 Å². The van der Waals surface area contributed by atoms with Crippen molar-refractivity contribution >= 4 is 8.30 Å². The minimum Gasteiger partial charge on any atom is -0.340 e. The lowest BCUT2D eigenvalue weighted by atomic mass is 10.3. The first-order valence-corrected chi connectivity index (χ1v) is 8.42. The predicted octanol–water partition coefficient (Wildman–Crippen LogP) is 2.75. The van der Waals surface area contributed by atoms with E-state index in [0.29, 0.717) is 25.1 Å². The highest BCUT2D eigenvalue weighted by Gasteiger charge is 2.35. The molecule has 6 heteroatoms. The molecule has 5 nitrogen and oxygen atoms in total. The Bertz CT molecular complexity index is 266. The summed E-state index contributed by atoms with van der Waals surface area (Å²) in [5.74, 6) is 0.202. The lowest BCUT2D eigenvalue weighted by molar-refractivity contribution is 0.159. The van der Waals surface area contributed by atoms with E-state index in [4.69, 9.17) is 9.79 Å². The molecule has 0 N–H and O–H groups in total. The summed E-state index contributed by atoms with van der Waals surface area (Å²) in [5.41, 5.74) is 0. The summed E-state index contributed by atoms with van der Waals surface area (Å²) in [5, 5.41) is 8.74. The first-order valence-electron chi connectivity index (χ1n) is 7.14.